The van der Waals surface area contributed by atoms with Crippen molar-refractivity contribution in [3.05, 3.63) is 23.8 Å². The first-order valence-corrected chi connectivity index (χ1v) is 8.01. The molecule has 118 valence electrons. The van der Waals surface area contributed by atoms with Gasteiger partial charge in [-0.2, -0.15) is 0 Å². The van der Waals surface area contributed by atoms with Crippen LogP contribution in [-0.4, -0.2) is 33.5 Å². The molecular formula is C16H23N5O. The van der Waals surface area contributed by atoms with Gasteiger partial charge in [-0.15, -0.1) is 5.10 Å². The smallest absolute Gasteiger partial charge is 0.234 e. The summed E-state index contributed by atoms with van der Waals surface area (Å²) < 4.78 is 1.76. The Labute approximate surface area is 130 Å². The van der Waals surface area contributed by atoms with Crippen LogP contribution in [0.2, 0.25) is 0 Å². The molecule has 0 spiro atoms. The maximum Gasteiger partial charge on any atom is 0.234 e. The first-order valence-electron chi connectivity index (χ1n) is 8.01. The molecule has 1 saturated carbocycles. The number of aromatic nitrogens is 3. The zero-order valence-corrected chi connectivity index (χ0v) is 13.0. The van der Waals surface area contributed by atoms with Gasteiger partial charge in [-0.1, -0.05) is 30.5 Å². The minimum atomic E-state index is 0.0928. The molecule has 1 heterocycles. The maximum atomic E-state index is 11.9. The molecule has 0 radical (unpaired) electrons. The molecule has 0 bridgehead atoms. The van der Waals surface area contributed by atoms with Gasteiger partial charge in [-0.25, -0.2) is 4.68 Å². The second-order valence-corrected chi connectivity index (χ2v) is 6.04. The van der Waals surface area contributed by atoms with Crippen LogP contribution in [0.5, 0.6) is 0 Å². The third-order valence-corrected chi connectivity index (χ3v) is 4.26. The van der Waals surface area contributed by atoms with Crippen molar-refractivity contribution in [1.29, 1.82) is 0 Å². The molecule has 1 aromatic carbocycles. The van der Waals surface area contributed by atoms with Gasteiger partial charge in [-0.05, 0) is 30.5 Å². The van der Waals surface area contributed by atoms with Crippen LogP contribution in [0.15, 0.2) is 18.2 Å². The van der Waals surface area contributed by atoms with Crippen molar-refractivity contribution >= 4 is 16.9 Å². The molecular weight excluding hydrogens is 278 g/mol. The summed E-state index contributed by atoms with van der Waals surface area (Å²) in [7, 11) is 1.88. The molecule has 6 nitrogen and oxygen atoms in total. The number of benzene rings is 1. The zero-order valence-electron chi connectivity index (χ0n) is 13.0. The van der Waals surface area contributed by atoms with E-state index in [1.54, 1.807) is 4.68 Å². The Morgan fingerprint density at radius 1 is 1.32 bits per heavy atom. The average molecular weight is 301 g/mol. The number of amides is 1. The fourth-order valence-corrected chi connectivity index (χ4v) is 3.03. The molecule has 2 aromatic rings. The molecule has 3 rings (SSSR count). The highest BCUT2D eigenvalue weighted by Crippen LogP contribution is 2.17. The Kier molecular flexibility index (Phi) is 4.68. The SMILES string of the molecule is Cn1nnc2ccc(CNCC(=O)NC3CCCCC3)cc21. The molecule has 1 amide bonds. The predicted molar refractivity (Wildman–Crippen MR) is 85.2 cm³/mol. The van der Waals surface area contributed by atoms with E-state index in [0.717, 1.165) is 29.4 Å². The number of hydrogen-bond acceptors (Lipinski definition) is 4. The molecule has 1 aliphatic rings. The topological polar surface area (TPSA) is 71.8 Å². The molecule has 6 heteroatoms. The third-order valence-electron chi connectivity index (χ3n) is 4.26. The lowest BCUT2D eigenvalue weighted by Gasteiger charge is -2.22. The fourth-order valence-electron chi connectivity index (χ4n) is 3.03. The minimum Gasteiger partial charge on any atom is -0.352 e. The number of aryl methyl sites for hydroxylation is 1. The van der Waals surface area contributed by atoms with Gasteiger partial charge in [0.25, 0.3) is 0 Å². The van der Waals surface area contributed by atoms with E-state index in [9.17, 15) is 4.79 Å². The van der Waals surface area contributed by atoms with Crippen molar-refractivity contribution in [2.45, 2.75) is 44.7 Å². The zero-order chi connectivity index (χ0) is 15.4. The standard InChI is InChI=1S/C16H23N5O/c1-21-15-9-12(7-8-14(15)19-20-21)10-17-11-16(22)18-13-5-3-2-4-6-13/h7-9,13,17H,2-6,10-11H2,1H3,(H,18,22). The van der Waals surface area contributed by atoms with Crippen LogP contribution in [0, 0.1) is 0 Å². The predicted octanol–water partition coefficient (Wildman–Crippen LogP) is 1.51. The molecule has 22 heavy (non-hydrogen) atoms. The molecule has 0 atom stereocenters. The number of rotatable bonds is 5. The highest BCUT2D eigenvalue weighted by molar-refractivity contribution is 5.78. The first kappa shape index (κ1) is 15.0. The number of nitrogens with zero attached hydrogens (tertiary/aromatic N) is 3. The Morgan fingerprint density at radius 2 is 2.14 bits per heavy atom. The van der Waals surface area contributed by atoms with Gasteiger partial charge in [0.1, 0.15) is 5.52 Å². The van der Waals surface area contributed by atoms with E-state index in [1.807, 2.05) is 19.2 Å². The second kappa shape index (κ2) is 6.87. The van der Waals surface area contributed by atoms with Crippen LogP contribution in [-0.2, 0) is 18.4 Å². The summed E-state index contributed by atoms with van der Waals surface area (Å²) in [5.74, 6) is 0.0928. The van der Waals surface area contributed by atoms with Gasteiger partial charge < -0.3 is 10.6 Å². The first-order chi connectivity index (χ1) is 10.7. The van der Waals surface area contributed by atoms with Crippen molar-refractivity contribution in [2.24, 2.45) is 7.05 Å². The van der Waals surface area contributed by atoms with E-state index in [0.29, 0.717) is 19.1 Å². The van der Waals surface area contributed by atoms with Crippen LogP contribution in [0.1, 0.15) is 37.7 Å². The Bertz CT molecular complexity index is 645. The second-order valence-electron chi connectivity index (χ2n) is 6.04. The quantitative estimate of drug-likeness (QED) is 0.878. The fraction of sp³-hybridized carbons (Fsp3) is 0.562. The van der Waals surface area contributed by atoms with E-state index >= 15 is 0 Å². The van der Waals surface area contributed by atoms with Gasteiger partial charge in [0.15, 0.2) is 0 Å². The van der Waals surface area contributed by atoms with Gasteiger partial charge in [0.2, 0.25) is 5.91 Å². The summed E-state index contributed by atoms with van der Waals surface area (Å²) in [6, 6.07) is 6.41. The van der Waals surface area contributed by atoms with Crippen LogP contribution in [0.25, 0.3) is 11.0 Å². The monoisotopic (exact) mass is 301 g/mol. The van der Waals surface area contributed by atoms with E-state index in [2.05, 4.69) is 27.0 Å². The van der Waals surface area contributed by atoms with Gasteiger partial charge in [0.05, 0.1) is 12.1 Å². The number of carbonyl (C=O) groups excluding carboxylic acids is 1. The summed E-state index contributed by atoms with van der Waals surface area (Å²) in [6.45, 7) is 1.03. The Hall–Kier alpha value is -1.95. The van der Waals surface area contributed by atoms with Crippen molar-refractivity contribution in [3.8, 4) is 0 Å². The lowest BCUT2D eigenvalue weighted by Crippen LogP contribution is -2.41. The highest BCUT2D eigenvalue weighted by Gasteiger charge is 2.15. The summed E-state index contributed by atoms with van der Waals surface area (Å²) in [5, 5.41) is 14.4. The molecule has 1 aliphatic carbocycles. The van der Waals surface area contributed by atoms with Crippen molar-refractivity contribution < 1.29 is 4.79 Å². The summed E-state index contributed by atoms with van der Waals surface area (Å²) in [4.78, 5) is 11.9. The van der Waals surface area contributed by atoms with Gasteiger partial charge in [-0.3, -0.25) is 4.79 Å². The van der Waals surface area contributed by atoms with Crippen LogP contribution >= 0.6 is 0 Å². The molecule has 0 aliphatic heterocycles. The van der Waals surface area contributed by atoms with Crippen molar-refractivity contribution in [3.63, 3.8) is 0 Å². The largest absolute Gasteiger partial charge is 0.352 e. The van der Waals surface area contributed by atoms with Crippen LogP contribution in [0.4, 0.5) is 0 Å². The van der Waals surface area contributed by atoms with Crippen LogP contribution < -0.4 is 10.6 Å². The van der Waals surface area contributed by atoms with E-state index in [4.69, 9.17) is 0 Å². The number of carbonyl (C=O) groups is 1. The third kappa shape index (κ3) is 3.62. The maximum absolute atomic E-state index is 11.9. The highest BCUT2D eigenvalue weighted by atomic mass is 16.1. The average Bonchev–Trinajstić information content (AvgIpc) is 2.89. The van der Waals surface area contributed by atoms with Gasteiger partial charge in [0, 0.05) is 19.6 Å². The molecule has 1 aromatic heterocycles. The normalized spacial score (nSPS) is 16.0. The molecule has 1 fully saturated rings. The summed E-state index contributed by atoms with van der Waals surface area (Å²) in [5.41, 5.74) is 3.02. The van der Waals surface area contributed by atoms with Gasteiger partial charge >= 0.3 is 0 Å². The van der Waals surface area contributed by atoms with Crippen LogP contribution in [0.3, 0.4) is 0 Å². The minimum absolute atomic E-state index is 0.0928. The number of nitrogens with one attached hydrogen (secondary N) is 2. The van der Waals surface area contributed by atoms with Crippen molar-refractivity contribution in [1.82, 2.24) is 25.6 Å². The molecule has 0 saturated heterocycles. The van der Waals surface area contributed by atoms with E-state index < -0.39 is 0 Å². The Morgan fingerprint density at radius 3 is 2.95 bits per heavy atom. The lowest BCUT2D eigenvalue weighted by atomic mass is 9.95. The number of fused-ring (bicyclic) bond motifs is 1. The van der Waals surface area contributed by atoms with E-state index in [1.165, 1.54) is 19.3 Å². The molecule has 0 unspecified atom stereocenters. The number of hydrogen-bond donors (Lipinski definition) is 2. The summed E-state index contributed by atoms with van der Waals surface area (Å²) in [6.07, 6.45) is 6.01. The van der Waals surface area contributed by atoms with E-state index in [-0.39, 0.29) is 5.91 Å². The Balaban J connectivity index is 1.47. The summed E-state index contributed by atoms with van der Waals surface area (Å²) >= 11 is 0. The van der Waals surface area contributed by atoms with Crippen molar-refractivity contribution in [2.75, 3.05) is 6.54 Å². The lowest BCUT2D eigenvalue weighted by molar-refractivity contribution is -0.121. The molecule has 2 N–H and O–H groups in total.